The number of nitrogens with two attached hydrogens (primary N) is 1. The van der Waals surface area contributed by atoms with Gasteiger partial charge in [-0.05, 0) is 73.3 Å². The smallest absolute Gasteiger partial charge is 0.00202 e. The highest BCUT2D eigenvalue weighted by Gasteiger charge is 2.51. The maximum Gasteiger partial charge on any atom is -0.00202 e. The fourth-order valence-electron chi connectivity index (χ4n) is 5.69. The van der Waals surface area contributed by atoms with E-state index in [-0.39, 0.29) is 0 Å². The van der Waals surface area contributed by atoms with Gasteiger partial charge in [-0.25, -0.2) is 0 Å². The van der Waals surface area contributed by atoms with E-state index in [2.05, 4.69) is 33.8 Å². The van der Waals surface area contributed by atoms with Crippen LogP contribution in [0, 0.1) is 22.7 Å². The van der Waals surface area contributed by atoms with Crippen LogP contribution in [0.25, 0.3) is 0 Å². The molecule has 1 heteroatoms. The standard InChI is InChI=1S/C20H33N/c1-14(2)15-6-8-17-16(12-15)7-9-18-19(3,13-21)10-5-11-20(17,18)4/h12,14,18H,5-11,13,21H2,1-4H3/t18?,19-,20+/m0/s1. The molecule has 2 N–H and O–H groups in total. The normalized spacial score (nSPS) is 39.9. The zero-order chi connectivity index (χ0) is 15.3. The van der Waals surface area contributed by atoms with Crippen molar-refractivity contribution in [3.8, 4) is 0 Å². The predicted molar refractivity (Wildman–Crippen MR) is 91.0 cm³/mol. The summed E-state index contributed by atoms with van der Waals surface area (Å²) in [6, 6.07) is 0. The average Bonchev–Trinajstić information content (AvgIpc) is 2.46. The summed E-state index contributed by atoms with van der Waals surface area (Å²) < 4.78 is 0. The molecular formula is C20H33N. The van der Waals surface area contributed by atoms with Crippen LogP contribution in [0.2, 0.25) is 0 Å². The van der Waals surface area contributed by atoms with Gasteiger partial charge in [-0.2, -0.15) is 0 Å². The maximum absolute atomic E-state index is 6.21. The highest BCUT2D eigenvalue weighted by atomic mass is 14.7. The van der Waals surface area contributed by atoms with Gasteiger partial charge in [0.1, 0.15) is 0 Å². The first kappa shape index (κ1) is 15.3. The lowest BCUT2D eigenvalue weighted by atomic mass is 9.48. The number of allylic oxidation sites excluding steroid dienone is 4. The second kappa shape index (κ2) is 5.26. The molecule has 0 bridgehead atoms. The van der Waals surface area contributed by atoms with Crippen LogP contribution in [0.3, 0.4) is 0 Å². The van der Waals surface area contributed by atoms with Gasteiger partial charge in [0.15, 0.2) is 0 Å². The topological polar surface area (TPSA) is 26.0 Å². The molecule has 1 saturated carbocycles. The van der Waals surface area contributed by atoms with Crippen LogP contribution in [0.5, 0.6) is 0 Å². The minimum Gasteiger partial charge on any atom is -0.330 e. The van der Waals surface area contributed by atoms with Gasteiger partial charge in [-0.1, -0.05) is 51.3 Å². The summed E-state index contributed by atoms with van der Waals surface area (Å²) >= 11 is 0. The molecule has 3 rings (SSSR count). The van der Waals surface area contributed by atoms with Crippen LogP contribution in [0.1, 0.15) is 72.6 Å². The van der Waals surface area contributed by atoms with E-state index in [0.29, 0.717) is 16.7 Å². The summed E-state index contributed by atoms with van der Waals surface area (Å²) in [5.41, 5.74) is 12.2. The molecule has 0 aromatic rings. The summed E-state index contributed by atoms with van der Waals surface area (Å²) in [5, 5.41) is 0. The SMILES string of the molecule is CC(C)C1=CC2=C(CC1)[C@@]1(C)CCC[C@@](C)(CN)C1CC2. The first-order chi connectivity index (χ1) is 9.90. The Balaban J connectivity index is 2.00. The molecule has 3 atom stereocenters. The quantitative estimate of drug-likeness (QED) is 0.740. The monoisotopic (exact) mass is 287 g/mol. The van der Waals surface area contributed by atoms with E-state index < -0.39 is 0 Å². The van der Waals surface area contributed by atoms with Crippen molar-refractivity contribution in [3.63, 3.8) is 0 Å². The third kappa shape index (κ3) is 2.32. The second-order valence-corrected chi connectivity index (χ2v) is 8.60. The molecular weight excluding hydrogens is 254 g/mol. The van der Waals surface area contributed by atoms with Gasteiger partial charge in [0, 0.05) is 0 Å². The van der Waals surface area contributed by atoms with Gasteiger partial charge in [-0.3, -0.25) is 0 Å². The van der Waals surface area contributed by atoms with Gasteiger partial charge in [0.25, 0.3) is 0 Å². The molecule has 0 aromatic carbocycles. The molecule has 0 heterocycles. The van der Waals surface area contributed by atoms with E-state index in [4.69, 9.17) is 5.73 Å². The van der Waals surface area contributed by atoms with Crippen molar-refractivity contribution >= 4 is 0 Å². The minimum atomic E-state index is 0.369. The van der Waals surface area contributed by atoms with Crippen molar-refractivity contribution in [3.05, 3.63) is 22.8 Å². The summed E-state index contributed by atoms with van der Waals surface area (Å²) in [7, 11) is 0. The third-order valence-corrected chi connectivity index (χ3v) is 7.06. The summed E-state index contributed by atoms with van der Waals surface area (Å²) in [4.78, 5) is 0. The first-order valence-electron chi connectivity index (χ1n) is 9.04. The summed E-state index contributed by atoms with van der Waals surface area (Å²) in [5.74, 6) is 1.52. The van der Waals surface area contributed by atoms with E-state index in [0.717, 1.165) is 12.5 Å². The van der Waals surface area contributed by atoms with Crippen molar-refractivity contribution in [1.29, 1.82) is 0 Å². The molecule has 1 unspecified atom stereocenters. The van der Waals surface area contributed by atoms with E-state index in [1.807, 2.05) is 5.57 Å². The van der Waals surface area contributed by atoms with Crippen LogP contribution in [-0.4, -0.2) is 6.54 Å². The summed E-state index contributed by atoms with van der Waals surface area (Å²) in [6.07, 6.45) is 11.9. The number of hydrogen-bond donors (Lipinski definition) is 1. The Morgan fingerprint density at radius 3 is 2.62 bits per heavy atom. The molecule has 3 aliphatic carbocycles. The maximum atomic E-state index is 6.21. The van der Waals surface area contributed by atoms with Gasteiger partial charge in [0.05, 0.1) is 0 Å². The van der Waals surface area contributed by atoms with E-state index >= 15 is 0 Å². The van der Waals surface area contributed by atoms with Crippen molar-refractivity contribution in [2.24, 2.45) is 28.4 Å². The van der Waals surface area contributed by atoms with Gasteiger partial charge in [-0.15, -0.1) is 0 Å². The highest BCUT2D eigenvalue weighted by molar-refractivity contribution is 5.40. The fourth-order valence-corrected chi connectivity index (χ4v) is 5.69. The molecule has 0 aliphatic heterocycles. The van der Waals surface area contributed by atoms with E-state index in [1.165, 1.54) is 44.9 Å². The van der Waals surface area contributed by atoms with Crippen LogP contribution in [0.4, 0.5) is 0 Å². The predicted octanol–water partition coefficient (Wildman–Crippen LogP) is 5.22. The average molecular weight is 287 g/mol. The molecule has 118 valence electrons. The van der Waals surface area contributed by atoms with Gasteiger partial charge < -0.3 is 5.73 Å². The van der Waals surface area contributed by atoms with Crippen molar-refractivity contribution in [2.75, 3.05) is 6.54 Å². The Morgan fingerprint density at radius 1 is 1.19 bits per heavy atom. The third-order valence-electron chi connectivity index (χ3n) is 7.06. The fraction of sp³-hybridized carbons (Fsp3) is 0.800. The van der Waals surface area contributed by atoms with Crippen LogP contribution < -0.4 is 5.73 Å². The van der Waals surface area contributed by atoms with Gasteiger partial charge >= 0.3 is 0 Å². The second-order valence-electron chi connectivity index (χ2n) is 8.60. The highest BCUT2D eigenvalue weighted by Crippen LogP contribution is 2.61. The Labute approximate surface area is 131 Å². The molecule has 0 spiro atoms. The lowest BCUT2D eigenvalue weighted by molar-refractivity contribution is 0.00371. The van der Waals surface area contributed by atoms with E-state index in [1.54, 1.807) is 11.1 Å². The van der Waals surface area contributed by atoms with Crippen molar-refractivity contribution in [2.45, 2.75) is 72.6 Å². The molecule has 1 fully saturated rings. The number of hydrogen-bond acceptors (Lipinski definition) is 1. The molecule has 21 heavy (non-hydrogen) atoms. The molecule has 0 radical (unpaired) electrons. The molecule has 0 aromatic heterocycles. The zero-order valence-electron chi connectivity index (χ0n) is 14.5. The number of rotatable bonds is 2. The molecule has 1 nitrogen and oxygen atoms in total. The van der Waals surface area contributed by atoms with Crippen molar-refractivity contribution in [1.82, 2.24) is 0 Å². The number of fused-ring (bicyclic) bond motifs is 2. The van der Waals surface area contributed by atoms with Gasteiger partial charge in [0.2, 0.25) is 0 Å². The van der Waals surface area contributed by atoms with E-state index in [9.17, 15) is 0 Å². The largest absolute Gasteiger partial charge is 0.330 e. The molecule has 0 amide bonds. The van der Waals surface area contributed by atoms with Crippen LogP contribution in [0.15, 0.2) is 22.8 Å². The lowest BCUT2D eigenvalue weighted by Crippen LogP contribution is -2.50. The molecule has 3 aliphatic rings. The Bertz CT molecular complexity index is 484. The zero-order valence-corrected chi connectivity index (χ0v) is 14.5. The summed E-state index contributed by atoms with van der Waals surface area (Å²) in [6.45, 7) is 10.6. The van der Waals surface area contributed by atoms with Crippen LogP contribution in [-0.2, 0) is 0 Å². The van der Waals surface area contributed by atoms with Crippen molar-refractivity contribution < 1.29 is 0 Å². The molecule has 0 saturated heterocycles. The first-order valence-corrected chi connectivity index (χ1v) is 9.04. The lowest BCUT2D eigenvalue weighted by Gasteiger charge is -2.56. The van der Waals surface area contributed by atoms with Crippen LogP contribution >= 0.6 is 0 Å². The Hall–Kier alpha value is -0.560. The Morgan fingerprint density at radius 2 is 1.95 bits per heavy atom. The Kier molecular flexibility index (Phi) is 3.84. The minimum absolute atomic E-state index is 0.369.